The van der Waals surface area contributed by atoms with E-state index >= 15 is 0 Å². The molecule has 2 rings (SSSR count). The van der Waals surface area contributed by atoms with Gasteiger partial charge in [-0.05, 0) is 26.0 Å². The molecule has 0 fully saturated rings. The van der Waals surface area contributed by atoms with Crippen LogP contribution in [0.1, 0.15) is 17.0 Å². The van der Waals surface area contributed by atoms with Gasteiger partial charge in [0.1, 0.15) is 10.7 Å². The predicted octanol–water partition coefficient (Wildman–Crippen LogP) is 1.86. The first-order chi connectivity index (χ1) is 8.50. The molecule has 2 aromatic rings. The Morgan fingerprint density at radius 3 is 2.72 bits per heavy atom. The Hall–Kier alpha value is -1.95. The van der Waals surface area contributed by atoms with Crippen molar-refractivity contribution in [3.63, 3.8) is 0 Å². The molecule has 0 atom stereocenters. The van der Waals surface area contributed by atoms with Crippen LogP contribution in [0.4, 0.5) is 0 Å². The summed E-state index contributed by atoms with van der Waals surface area (Å²) in [6, 6.07) is 3.55. The van der Waals surface area contributed by atoms with Gasteiger partial charge in [0.15, 0.2) is 5.75 Å². The molecule has 6 heteroatoms. The van der Waals surface area contributed by atoms with Gasteiger partial charge in [0.25, 0.3) is 0 Å². The Morgan fingerprint density at radius 2 is 2.17 bits per heavy atom. The van der Waals surface area contributed by atoms with Crippen molar-refractivity contribution in [3.05, 3.63) is 35.3 Å². The minimum absolute atomic E-state index is 0.261. The van der Waals surface area contributed by atoms with Crippen LogP contribution in [0.3, 0.4) is 0 Å². The third-order valence-electron chi connectivity index (χ3n) is 2.68. The molecule has 0 aromatic carbocycles. The average Bonchev–Trinajstić information content (AvgIpc) is 2.56. The zero-order valence-corrected chi connectivity index (χ0v) is 11.3. The molecule has 2 aromatic heterocycles. The van der Waals surface area contributed by atoms with E-state index in [-0.39, 0.29) is 4.99 Å². The first kappa shape index (κ1) is 12.5. The van der Waals surface area contributed by atoms with Crippen molar-refractivity contribution in [1.29, 1.82) is 0 Å². The summed E-state index contributed by atoms with van der Waals surface area (Å²) >= 11 is 4.97. The number of hydrogen-bond donors (Lipinski definition) is 1. The number of nitrogens with zero attached hydrogens (tertiary/aromatic N) is 3. The lowest BCUT2D eigenvalue weighted by Crippen LogP contribution is -2.11. The highest BCUT2D eigenvalue weighted by Gasteiger charge is 2.15. The van der Waals surface area contributed by atoms with E-state index in [1.807, 2.05) is 20.9 Å². The van der Waals surface area contributed by atoms with Crippen LogP contribution in [0.15, 0.2) is 18.3 Å². The lowest BCUT2D eigenvalue weighted by molar-refractivity contribution is 0.454. The van der Waals surface area contributed by atoms with Gasteiger partial charge in [-0.3, -0.25) is 4.68 Å². The third kappa shape index (κ3) is 2.19. The molecule has 0 radical (unpaired) electrons. The molecule has 0 bridgehead atoms. The fourth-order valence-electron chi connectivity index (χ4n) is 1.66. The van der Waals surface area contributed by atoms with Gasteiger partial charge < -0.3 is 10.5 Å². The zero-order valence-electron chi connectivity index (χ0n) is 10.5. The Morgan fingerprint density at radius 1 is 1.44 bits per heavy atom. The van der Waals surface area contributed by atoms with Gasteiger partial charge in [0, 0.05) is 13.2 Å². The normalized spacial score (nSPS) is 10.4. The van der Waals surface area contributed by atoms with Crippen molar-refractivity contribution < 1.29 is 4.74 Å². The lowest BCUT2D eigenvalue weighted by atomic mass is 10.2. The molecule has 0 unspecified atom stereocenters. The summed E-state index contributed by atoms with van der Waals surface area (Å²) in [5.41, 5.74) is 7.98. The van der Waals surface area contributed by atoms with Crippen molar-refractivity contribution in [2.24, 2.45) is 12.8 Å². The van der Waals surface area contributed by atoms with Crippen LogP contribution in [0.25, 0.3) is 0 Å². The van der Waals surface area contributed by atoms with E-state index in [4.69, 9.17) is 22.7 Å². The van der Waals surface area contributed by atoms with Gasteiger partial charge in [0.05, 0.1) is 11.3 Å². The Balaban J connectivity index is 2.43. The first-order valence-electron chi connectivity index (χ1n) is 5.43. The number of ether oxygens (including phenoxy) is 1. The second kappa shape index (κ2) is 4.73. The highest BCUT2D eigenvalue weighted by molar-refractivity contribution is 7.80. The number of aryl methyl sites for hydroxylation is 2. The minimum Gasteiger partial charge on any atom is -0.434 e. The van der Waals surface area contributed by atoms with Crippen molar-refractivity contribution in [1.82, 2.24) is 14.8 Å². The number of hydrogen-bond acceptors (Lipinski definition) is 4. The maximum atomic E-state index is 5.79. The zero-order chi connectivity index (χ0) is 13.3. The number of aromatic nitrogens is 3. The van der Waals surface area contributed by atoms with Crippen LogP contribution >= 0.6 is 12.2 Å². The molecule has 0 spiro atoms. The molecular formula is C12H14N4OS. The Kier molecular flexibility index (Phi) is 3.29. The molecule has 0 aliphatic carbocycles. The molecule has 0 saturated heterocycles. The van der Waals surface area contributed by atoms with Crippen LogP contribution in [-0.2, 0) is 7.05 Å². The molecule has 94 valence electrons. The van der Waals surface area contributed by atoms with Gasteiger partial charge in [-0.2, -0.15) is 5.10 Å². The van der Waals surface area contributed by atoms with E-state index in [2.05, 4.69) is 10.1 Å². The van der Waals surface area contributed by atoms with E-state index in [0.717, 1.165) is 11.4 Å². The molecule has 0 aliphatic rings. The van der Waals surface area contributed by atoms with Gasteiger partial charge in [-0.15, -0.1) is 0 Å². The third-order valence-corrected chi connectivity index (χ3v) is 2.90. The minimum atomic E-state index is 0.261. The van der Waals surface area contributed by atoms with Crippen LogP contribution in [-0.4, -0.2) is 19.8 Å². The lowest BCUT2D eigenvalue weighted by Gasteiger charge is -2.08. The van der Waals surface area contributed by atoms with E-state index in [0.29, 0.717) is 17.2 Å². The molecule has 2 N–H and O–H groups in total. The topological polar surface area (TPSA) is 66.0 Å². The van der Waals surface area contributed by atoms with Crippen LogP contribution in [0.5, 0.6) is 11.6 Å². The second-order valence-corrected chi connectivity index (χ2v) is 4.39. The summed E-state index contributed by atoms with van der Waals surface area (Å²) < 4.78 is 7.55. The molecular weight excluding hydrogens is 248 g/mol. The Bertz CT molecular complexity index is 606. The van der Waals surface area contributed by atoms with Gasteiger partial charge in [0.2, 0.25) is 5.88 Å². The molecule has 0 saturated carbocycles. The largest absolute Gasteiger partial charge is 0.434 e. The van der Waals surface area contributed by atoms with E-state index in [1.54, 1.807) is 23.0 Å². The SMILES string of the molecule is Cc1nn(C)c(C)c1Oc1ncccc1C(N)=S. The number of rotatable bonds is 3. The molecule has 18 heavy (non-hydrogen) atoms. The smallest absolute Gasteiger partial charge is 0.229 e. The molecule has 0 aliphatic heterocycles. The van der Waals surface area contributed by atoms with Crippen molar-refractivity contribution in [2.45, 2.75) is 13.8 Å². The van der Waals surface area contributed by atoms with Crippen LogP contribution in [0, 0.1) is 13.8 Å². The van der Waals surface area contributed by atoms with Crippen molar-refractivity contribution in [2.75, 3.05) is 0 Å². The van der Waals surface area contributed by atoms with Gasteiger partial charge >= 0.3 is 0 Å². The highest BCUT2D eigenvalue weighted by atomic mass is 32.1. The fraction of sp³-hybridized carbons (Fsp3) is 0.250. The summed E-state index contributed by atoms with van der Waals surface area (Å²) in [7, 11) is 1.86. The van der Waals surface area contributed by atoms with Crippen molar-refractivity contribution in [3.8, 4) is 11.6 Å². The standard InChI is InChI=1S/C12H14N4OS/c1-7-10(8(2)16(3)15-7)17-12-9(11(13)18)5-4-6-14-12/h4-6H,1-3H3,(H2,13,18). The quantitative estimate of drug-likeness (QED) is 0.855. The monoisotopic (exact) mass is 262 g/mol. The van der Waals surface area contributed by atoms with Crippen molar-refractivity contribution >= 4 is 17.2 Å². The number of nitrogens with two attached hydrogens (primary N) is 1. The maximum Gasteiger partial charge on any atom is 0.229 e. The maximum absolute atomic E-state index is 5.79. The molecule has 2 heterocycles. The van der Waals surface area contributed by atoms with E-state index in [9.17, 15) is 0 Å². The van der Waals surface area contributed by atoms with E-state index < -0.39 is 0 Å². The highest BCUT2D eigenvalue weighted by Crippen LogP contribution is 2.28. The summed E-state index contributed by atoms with van der Waals surface area (Å²) in [5, 5.41) is 4.28. The number of pyridine rings is 1. The number of thiocarbonyl (C=S) groups is 1. The van der Waals surface area contributed by atoms with Crippen LogP contribution < -0.4 is 10.5 Å². The second-order valence-electron chi connectivity index (χ2n) is 3.95. The summed E-state index contributed by atoms with van der Waals surface area (Å²) in [4.78, 5) is 4.42. The van der Waals surface area contributed by atoms with Gasteiger partial charge in [-0.1, -0.05) is 12.2 Å². The predicted molar refractivity (Wildman–Crippen MR) is 72.9 cm³/mol. The van der Waals surface area contributed by atoms with Crippen LogP contribution in [0.2, 0.25) is 0 Å². The molecule has 0 amide bonds. The van der Waals surface area contributed by atoms with E-state index in [1.165, 1.54) is 0 Å². The van der Waals surface area contributed by atoms with Gasteiger partial charge in [-0.25, -0.2) is 4.98 Å². The fourth-order valence-corrected chi connectivity index (χ4v) is 1.81. The first-order valence-corrected chi connectivity index (χ1v) is 5.84. The summed E-state index contributed by atoms with van der Waals surface area (Å²) in [5.74, 6) is 1.10. The summed E-state index contributed by atoms with van der Waals surface area (Å²) in [6.45, 7) is 3.81. The molecule has 5 nitrogen and oxygen atoms in total. The Labute approximate surface area is 111 Å². The summed E-state index contributed by atoms with van der Waals surface area (Å²) in [6.07, 6.45) is 1.64. The average molecular weight is 262 g/mol.